The first-order chi connectivity index (χ1) is 15.3. The second kappa shape index (κ2) is 11.4. The van der Waals surface area contributed by atoms with Crippen LogP contribution in [-0.4, -0.2) is 65.5 Å². The van der Waals surface area contributed by atoms with Crippen molar-refractivity contribution in [3.05, 3.63) is 35.9 Å². The Morgan fingerprint density at radius 3 is 2.62 bits per heavy atom. The molecule has 32 heavy (non-hydrogen) atoms. The summed E-state index contributed by atoms with van der Waals surface area (Å²) in [6.07, 6.45) is -2.55. The molecule has 0 bridgehead atoms. The van der Waals surface area contributed by atoms with Crippen molar-refractivity contribution in [3.8, 4) is 0 Å². The number of carboxylic acid groups (broad SMARTS) is 1. The van der Waals surface area contributed by atoms with E-state index in [0.29, 0.717) is 18.4 Å². The molecule has 2 saturated heterocycles. The van der Waals surface area contributed by atoms with Crippen molar-refractivity contribution in [2.24, 2.45) is 0 Å². The summed E-state index contributed by atoms with van der Waals surface area (Å²) < 4.78 is 22.0. The number of hydrogen-bond donors (Lipinski definition) is 3. The van der Waals surface area contributed by atoms with Gasteiger partial charge in [-0.15, -0.1) is 0 Å². The number of hydrogen-bond acceptors (Lipinski definition) is 8. The molecule has 3 N–H and O–H groups in total. The Hall–Kier alpha value is -2.53. The summed E-state index contributed by atoms with van der Waals surface area (Å²) in [5, 5.41) is 21.3. The minimum atomic E-state index is -1.06. The number of fused-ring (bicyclic) bond motifs is 1. The summed E-state index contributed by atoms with van der Waals surface area (Å²) >= 11 is 0. The van der Waals surface area contributed by atoms with E-state index in [1.165, 1.54) is 0 Å². The number of carbonyl (C=O) groups is 3. The van der Waals surface area contributed by atoms with Gasteiger partial charge in [-0.05, 0) is 18.9 Å². The lowest BCUT2D eigenvalue weighted by molar-refractivity contribution is -0.239. The molecule has 0 radical (unpaired) electrons. The van der Waals surface area contributed by atoms with Crippen molar-refractivity contribution < 1.29 is 43.5 Å². The molecular formula is C22H29NO9. The average Bonchev–Trinajstić information content (AvgIpc) is 3.52. The number of aliphatic hydroxyl groups is 1. The van der Waals surface area contributed by atoms with Crippen LogP contribution >= 0.6 is 0 Å². The van der Waals surface area contributed by atoms with Gasteiger partial charge in [0.05, 0.1) is 19.1 Å². The van der Waals surface area contributed by atoms with Crippen LogP contribution in [0.15, 0.2) is 30.3 Å². The predicted octanol–water partition coefficient (Wildman–Crippen LogP) is 1.27. The van der Waals surface area contributed by atoms with E-state index < -0.39 is 36.3 Å². The molecule has 2 heterocycles. The van der Waals surface area contributed by atoms with Gasteiger partial charge in [-0.3, -0.25) is 14.4 Å². The summed E-state index contributed by atoms with van der Waals surface area (Å²) in [5.41, 5.74) is 0.710. The van der Waals surface area contributed by atoms with Crippen LogP contribution in [0.4, 0.5) is 0 Å². The van der Waals surface area contributed by atoms with Crippen LogP contribution in [0, 0.1) is 0 Å². The first-order valence-electron chi connectivity index (χ1n) is 10.7. The lowest BCUT2D eigenvalue weighted by Gasteiger charge is -2.28. The molecule has 2 aliphatic heterocycles. The quantitative estimate of drug-likeness (QED) is 0.316. The summed E-state index contributed by atoms with van der Waals surface area (Å²) in [6, 6.07) is 8.97. The molecule has 0 spiro atoms. The van der Waals surface area contributed by atoms with Crippen molar-refractivity contribution in [2.75, 3.05) is 6.54 Å². The largest absolute Gasteiger partial charge is 0.481 e. The third-order valence-electron chi connectivity index (χ3n) is 5.21. The Bertz CT molecular complexity index is 787. The number of aliphatic carboxylic acids is 1. The summed E-state index contributed by atoms with van der Waals surface area (Å²) in [5.74, 6) is -1.96. The fourth-order valence-electron chi connectivity index (χ4n) is 3.35. The molecule has 176 valence electrons. The maximum Gasteiger partial charge on any atom is 0.306 e. The van der Waals surface area contributed by atoms with E-state index in [1.807, 2.05) is 6.07 Å². The highest BCUT2D eigenvalue weighted by Crippen LogP contribution is 2.36. The number of aliphatic hydroxyl groups excluding tert-OH is 1. The summed E-state index contributed by atoms with van der Waals surface area (Å²) in [6.45, 7) is 1.81. The topological polar surface area (TPSA) is 144 Å². The lowest BCUT2D eigenvalue weighted by atomic mass is 10.1. The summed E-state index contributed by atoms with van der Waals surface area (Å²) in [4.78, 5) is 34.9. The molecule has 6 atom stereocenters. The molecule has 2 fully saturated rings. The Kier molecular flexibility index (Phi) is 8.57. The van der Waals surface area contributed by atoms with Gasteiger partial charge in [-0.25, -0.2) is 0 Å². The van der Waals surface area contributed by atoms with Crippen molar-refractivity contribution in [1.82, 2.24) is 5.32 Å². The van der Waals surface area contributed by atoms with E-state index in [-0.39, 0.29) is 44.3 Å². The normalized spacial score (nSPS) is 25.8. The number of esters is 1. The molecule has 0 aromatic heterocycles. The maximum atomic E-state index is 12.4. The van der Waals surface area contributed by atoms with E-state index in [1.54, 1.807) is 31.2 Å². The zero-order valence-corrected chi connectivity index (χ0v) is 17.8. The van der Waals surface area contributed by atoms with Crippen LogP contribution in [0.2, 0.25) is 0 Å². The standard InChI is InChI=1S/C22H29NO9/c1-13(29-21-15(24)11-16-22(31-16)32-21)7-10-20(28)30-17(14-5-3-2-4-6-14)12-23-18(25)8-9-19(26)27/h2-6,13,15-17,21-22,24H,7-12H2,1H3,(H,23,25)(H,26,27)/t13-,15+,16-,17-,21-,22?/m1/s1. The van der Waals surface area contributed by atoms with Gasteiger partial charge in [-0.1, -0.05) is 30.3 Å². The van der Waals surface area contributed by atoms with E-state index in [0.717, 1.165) is 0 Å². The number of nitrogens with one attached hydrogen (secondary N) is 1. The van der Waals surface area contributed by atoms with Gasteiger partial charge in [0.25, 0.3) is 0 Å². The molecule has 10 heteroatoms. The number of amides is 1. The Morgan fingerprint density at radius 2 is 1.91 bits per heavy atom. The van der Waals surface area contributed by atoms with Crippen LogP contribution in [-0.2, 0) is 33.3 Å². The number of carbonyl (C=O) groups excluding carboxylic acids is 2. The SMILES string of the molecule is C[C@H](CCC(=O)O[C@H](CNC(=O)CCC(=O)O)c1ccccc1)O[C@@H]1OC2O[C@@H]2C[C@@H]1O. The third-order valence-corrected chi connectivity index (χ3v) is 5.21. The van der Waals surface area contributed by atoms with Crippen molar-refractivity contribution in [1.29, 1.82) is 0 Å². The molecular weight excluding hydrogens is 422 g/mol. The van der Waals surface area contributed by atoms with Crippen LogP contribution in [0.5, 0.6) is 0 Å². The average molecular weight is 451 g/mol. The van der Waals surface area contributed by atoms with Crippen molar-refractivity contribution >= 4 is 17.8 Å². The molecule has 10 nitrogen and oxygen atoms in total. The highest BCUT2D eigenvalue weighted by Gasteiger charge is 2.50. The fourth-order valence-corrected chi connectivity index (χ4v) is 3.35. The molecule has 1 aromatic carbocycles. The van der Waals surface area contributed by atoms with Gasteiger partial charge in [0.1, 0.15) is 18.3 Å². The molecule has 1 amide bonds. The number of carboxylic acids is 1. The van der Waals surface area contributed by atoms with Crippen LogP contribution < -0.4 is 5.32 Å². The van der Waals surface area contributed by atoms with Crippen molar-refractivity contribution in [2.45, 2.75) is 76.0 Å². The first-order valence-corrected chi connectivity index (χ1v) is 10.7. The van der Waals surface area contributed by atoms with Gasteiger partial charge in [-0.2, -0.15) is 0 Å². The number of rotatable bonds is 12. The Morgan fingerprint density at radius 1 is 1.16 bits per heavy atom. The highest BCUT2D eigenvalue weighted by molar-refractivity contribution is 5.80. The minimum Gasteiger partial charge on any atom is -0.481 e. The molecule has 1 unspecified atom stereocenters. The predicted molar refractivity (Wildman–Crippen MR) is 109 cm³/mol. The second-order valence-electron chi connectivity index (χ2n) is 7.92. The maximum absolute atomic E-state index is 12.4. The van der Waals surface area contributed by atoms with Gasteiger partial charge >= 0.3 is 11.9 Å². The molecule has 1 aromatic rings. The smallest absolute Gasteiger partial charge is 0.306 e. The van der Waals surface area contributed by atoms with Crippen LogP contribution in [0.3, 0.4) is 0 Å². The Balaban J connectivity index is 1.45. The Labute approximate surface area is 185 Å². The second-order valence-corrected chi connectivity index (χ2v) is 7.92. The fraction of sp³-hybridized carbons (Fsp3) is 0.591. The van der Waals surface area contributed by atoms with Gasteiger partial charge in [0, 0.05) is 19.3 Å². The molecule has 0 saturated carbocycles. The van der Waals surface area contributed by atoms with Gasteiger partial charge < -0.3 is 34.5 Å². The van der Waals surface area contributed by atoms with E-state index in [4.69, 9.17) is 24.1 Å². The zero-order valence-electron chi connectivity index (χ0n) is 17.8. The van der Waals surface area contributed by atoms with Gasteiger partial charge in [0.2, 0.25) is 5.91 Å². The number of benzene rings is 1. The third kappa shape index (κ3) is 7.56. The number of epoxide rings is 1. The number of ether oxygens (including phenoxy) is 4. The zero-order chi connectivity index (χ0) is 23.1. The molecule has 3 rings (SSSR count). The molecule has 2 aliphatic rings. The highest BCUT2D eigenvalue weighted by atomic mass is 16.8. The first kappa shape index (κ1) is 24.1. The van der Waals surface area contributed by atoms with Crippen molar-refractivity contribution in [3.63, 3.8) is 0 Å². The van der Waals surface area contributed by atoms with Crippen LogP contribution in [0.25, 0.3) is 0 Å². The minimum absolute atomic E-state index is 0.0327. The van der Waals surface area contributed by atoms with Crippen LogP contribution in [0.1, 0.15) is 50.7 Å². The van der Waals surface area contributed by atoms with E-state index in [2.05, 4.69) is 5.32 Å². The summed E-state index contributed by atoms with van der Waals surface area (Å²) in [7, 11) is 0. The monoisotopic (exact) mass is 451 g/mol. The van der Waals surface area contributed by atoms with E-state index >= 15 is 0 Å². The van der Waals surface area contributed by atoms with E-state index in [9.17, 15) is 19.5 Å². The molecule has 0 aliphatic carbocycles. The van der Waals surface area contributed by atoms with Gasteiger partial charge in [0.15, 0.2) is 12.6 Å². The lowest BCUT2D eigenvalue weighted by Crippen LogP contribution is -2.40.